The molecule has 1 amide bonds. The average molecular weight is 529 g/mol. The molecule has 4 rings (SSSR count). The van der Waals surface area contributed by atoms with E-state index < -0.39 is 6.09 Å². The first-order valence-corrected chi connectivity index (χ1v) is 13.8. The van der Waals surface area contributed by atoms with Crippen molar-refractivity contribution in [2.24, 2.45) is 0 Å². The second-order valence-corrected chi connectivity index (χ2v) is 11.1. The molecular weight excluding hydrogens is 488 g/mol. The molecule has 1 N–H and O–H groups in total. The van der Waals surface area contributed by atoms with Crippen LogP contribution in [0.1, 0.15) is 25.0 Å². The number of benzene rings is 2. The van der Waals surface area contributed by atoms with Gasteiger partial charge in [0.05, 0.1) is 24.6 Å². The van der Waals surface area contributed by atoms with Crippen LogP contribution in [0.5, 0.6) is 0 Å². The van der Waals surface area contributed by atoms with Crippen molar-refractivity contribution in [3.05, 3.63) is 35.4 Å². The van der Waals surface area contributed by atoms with Crippen LogP contribution < -0.4 is 14.7 Å². The highest BCUT2D eigenvalue weighted by atomic mass is 32.2. The SMILES string of the molecule is COCCN(CCOC)c1cc(C)c2c(c1)Sc1cc(N3CCN(C(C)C)CC3)cc(C)c1N2C(=O)O. The van der Waals surface area contributed by atoms with Gasteiger partial charge in [-0.05, 0) is 63.1 Å². The van der Waals surface area contributed by atoms with Crippen LogP contribution in [0.25, 0.3) is 0 Å². The fourth-order valence-corrected chi connectivity index (χ4v) is 6.54. The molecule has 202 valence electrons. The third-order valence-corrected chi connectivity index (χ3v) is 8.33. The third kappa shape index (κ3) is 5.85. The van der Waals surface area contributed by atoms with E-state index in [1.807, 2.05) is 13.8 Å². The number of fused-ring (bicyclic) bond motifs is 2. The predicted octanol–water partition coefficient (Wildman–Crippen LogP) is 5.21. The molecule has 2 aromatic carbocycles. The lowest BCUT2D eigenvalue weighted by Gasteiger charge is -2.39. The van der Waals surface area contributed by atoms with Gasteiger partial charge in [-0.3, -0.25) is 4.90 Å². The van der Waals surface area contributed by atoms with E-state index in [0.717, 1.165) is 82.9 Å². The largest absolute Gasteiger partial charge is 0.464 e. The van der Waals surface area contributed by atoms with Crippen LogP contribution in [0, 0.1) is 13.8 Å². The molecule has 2 aliphatic heterocycles. The van der Waals surface area contributed by atoms with Crippen molar-refractivity contribution in [1.82, 2.24) is 4.90 Å². The molecule has 0 unspecified atom stereocenters. The Balaban J connectivity index is 1.71. The summed E-state index contributed by atoms with van der Waals surface area (Å²) in [7, 11) is 3.40. The average Bonchev–Trinajstić information content (AvgIpc) is 2.87. The summed E-state index contributed by atoms with van der Waals surface area (Å²) >= 11 is 1.66. The van der Waals surface area contributed by atoms with Crippen LogP contribution in [-0.2, 0) is 9.47 Å². The number of carboxylic acid groups (broad SMARTS) is 1. The predicted molar refractivity (Wildman–Crippen MR) is 152 cm³/mol. The maximum Gasteiger partial charge on any atom is 0.416 e. The second kappa shape index (κ2) is 11.9. The maximum atomic E-state index is 12.6. The molecule has 0 spiro atoms. The molecule has 0 atom stereocenters. The molecule has 2 aromatic rings. The van der Waals surface area contributed by atoms with Crippen molar-refractivity contribution >= 4 is 40.6 Å². The number of methoxy groups -OCH3 is 2. The first kappa shape index (κ1) is 27.6. The Morgan fingerprint density at radius 1 is 0.946 bits per heavy atom. The van der Waals surface area contributed by atoms with Gasteiger partial charge in [0, 0.05) is 80.7 Å². The van der Waals surface area contributed by atoms with Crippen molar-refractivity contribution in [3.8, 4) is 0 Å². The fraction of sp³-hybridized carbons (Fsp3) is 0.536. The van der Waals surface area contributed by atoms with E-state index in [4.69, 9.17) is 9.47 Å². The molecule has 37 heavy (non-hydrogen) atoms. The summed E-state index contributed by atoms with van der Waals surface area (Å²) < 4.78 is 10.7. The molecule has 0 saturated carbocycles. The zero-order chi connectivity index (χ0) is 26.7. The summed E-state index contributed by atoms with van der Waals surface area (Å²) in [6.45, 7) is 15.2. The monoisotopic (exact) mass is 528 g/mol. The van der Waals surface area contributed by atoms with E-state index in [1.165, 1.54) is 4.90 Å². The number of piperazine rings is 1. The van der Waals surface area contributed by atoms with Gasteiger partial charge in [0.1, 0.15) is 0 Å². The number of amides is 1. The summed E-state index contributed by atoms with van der Waals surface area (Å²) in [4.78, 5) is 23.2. The highest BCUT2D eigenvalue weighted by Crippen LogP contribution is 2.53. The Hall–Kier alpha value is -2.46. The van der Waals surface area contributed by atoms with Crippen LogP contribution in [0.2, 0.25) is 0 Å². The zero-order valence-electron chi connectivity index (χ0n) is 22.9. The summed E-state index contributed by atoms with van der Waals surface area (Å²) in [5, 5.41) is 10.3. The van der Waals surface area contributed by atoms with Crippen molar-refractivity contribution in [2.45, 2.75) is 43.5 Å². The van der Waals surface area contributed by atoms with Gasteiger partial charge in [0.25, 0.3) is 0 Å². The minimum Gasteiger partial charge on any atom is -0.464 e. The summed E-state index contributed by atoms with van der Waals surface area (Å²) in [5.41, 5.74) is 5.63. The van der Waals surface area contributed by atoms with Gasteiger partial charge in [-0.1, -0.05) is 11.8 Å². The molecular formula is C28H40N4O4S. The Bertz CT molecular complexity index is 1110. The Kier molecular flexibility index (Phi) is 8.90. The minimum atomic E-state index is -0.962. The lowest BCUT2D eigenvalue weighted by atomic mass is 10.1. The van der Waals surface area contributed by atoms with E-state index in [9.17, 15) is 9.90 Å². The normalized spacial score (nSPS) is 15.6. The van der Waals surface area contributed by atoms with E-state index >= 15 is 0 Å². The van der Waals surface area contributed by atoms with Crippen LogP contribution in [0.4, 0.5) is 27.5 Å². The van der Waals surface area contributed by atoms with E-state index in [1.54, 1.807) is 26.0 Å². The molecule has 1 fully saturated rings. The molecule has 2 heterocycles. The number of carbonyl (C=O) groups is 1. The first-order chi connectivity index (χ1) is 17.7. The first-order valence-electron chi connectivity index (χ1n) is 13.0. The number of anilines is 4. The third-order valence-electron chi connectivity index (χ3n) is 7.26. The molecule has 0 radical (unpaired) electrons. The van der Waals surface area contributed by atoms with Crippen molar-refractivity contribution < 1.29 is 19.4 Å². The van der Waals surface area contributed by atoms with Crippen molar-refractivity contribution in [2.75, 3.05) is 81.4 Å². The molecule has 0 bridgehead atoms. The number of hydrogen-bond donors (Lipinski definition) is 1. The number of hydrogen-bond acceptors (Lipinski definition) is 7. The minimum absolute atomic E-state index is 0.549. The summed E-state index contributed by atoms with van der Waals surface area (Å²) in [5.74, 6) is 0. The molecule has 1 saturated heterocycles. The standard InChI is InChI=1S/C28H40N4O4S/c1-19(2)29-7-9-30(10-8-29)22-15-20(3)26-24(17-22)37-25-18-23(31(11-13-35-5)12-14-36-6)16-21(4)27(25)32(26)28(33)34/h15-19H,7-14H2,1-6H3,(H,33,34). The van der Waals surface area contributed by atoms with Gasteiger partial charge in [0.2, 0.25) is 0 Å². The number of ether oxygens (including phenoxy) is 2. The summed E-state index contributed by atoms with van der Waals surface area (Å²) in [6, 6.07) is 9.05. The van der Waals surface area contributed by atoms with Crippen LogP contribution in [-0.4, -0.2) is 88.8 Å². The summed E-state index contributed by atoms with van der Waals surface area (Å²) in [6.07, 6.45) is -0.962. The number of rotatable bonds is 9. The van der Waals surface area contributed by atoms with Gasteiger partial charge in [0.15, 0.2) is 0 Å². The highest BCUT2D eigenvalue weighted by molar-refractivity contribution is 7.99. The van der Waals surface area contributed by atoms with Crippen LogP contribution in [0.3, 0.4) is 0 Å². The van der Waals surface area contributed by atoms with Gasteiger partial charge in [-0.25, -0.2) is 9.69 Å². The fourth-order valence-electron chi connectivity index (χ4n) is 5.24. The topological polar surface area (TPSA) is 68.7 Å². The second-order valence-electron chi connectivity index (χ2n) is 10.0. The van der Waals surface area contributed by atoms with Crippen LogP contribution >= 0.6 is 11.8 Å². The van der Waals surface area contributed by atoms with E-state index in [2.05, 4.69) is 52.8 Å². The molecule has 0 aromatic heterocycles. The zero-order valence-corrected chi connectivity index (χ0v) is 23.7. The van der Waals surface area contributed by atoms with Gasteiger partial charge in [-0.2, -0.15) is 0 Å². The van der Waals surface area contributed by atoms with Crippen molar-refractivity contribution in [1.29, 1.82) is 0 Å². The lowest BCUT2D eigenvalue weighted by molar-refractivity contribution is 0.190. The number of aryl methyl sites for hydroxylation is 2. The van der Waals surface area contributed by atoms with Gasteiger partial charge in [-0.15, -0.1) is 0 Å². The molecule has 8 nitrogen and oxygen atoms in total. The Labute approximate surface area is 225 Å². The van der Waals surface area contributed by atoms with Gasteiger partial charge < -0.3 is 24.4 Å². The smallest absolute Gasteiger partial charge is 0.416 e. The van der Waals surface area contributed by atoms with E-state index in [0.29, 0.717) is 19.3 Å². The highest BCUT2D eigenvalue weighted by Gasteiger charge is 2.33. The molecule has 9 heteroatoms. The molecule has 2 aliphatic rings. The Morgan fingerprint density at radius 2 is 1.51 bits per heavy atom. The van der Waals surface area contributed by atoms with Crippen LogP contribution in [0.15, 0.2) is 34.1 Å². The Morgan fingerprint density at radius 3 is 2.05 bits per heavy atom. The van der Waals surface area contributed by atoms with Gasteiger partial charge >= 0.3 is 6.09 Å². The quantitative estimate of drug-likeness (QED) is 0.476. The lowest BCUT2D eigenvalue weighted by Crippen LogP contribution is -2.49. The maximum absolute atomic E-state index is 12.6. The van der Waals surface area contributed by atoms with Crippen molar-refractivity contribution in [3.63, 3.8) is 0 Å². The number of nitrogens with zero attached hydrogens (tertiary/aromatic N) is 4. The molecule has 0 aliphatic carbocycles. The van der Waals surface area contributed by atoms with E-state index in [-0.39, 0.29) is 0 Å².